The van der Waals surface area contributed by atoms with Crippen LogP contribution in [-0.4, -0.2) is 31.6 Å². The van der Waals surface area contributed by atoms with Gasteiger partial charge in [-0.3, -0.25) is 4.39 Å². The van der Waals surface area contributed by atoms with Crippen LogP contribution in [0.3, 0.4) is 0 Å². The van der Waals surface area contributed by atoms with E-state index in [-0.39, 0.29) is 12.0 Å². The molecular formula is C12H12F2O4. The van der Waals surface area contributed by atoms with E-state index in [0.717, 1.165) is 0 Å². The number of hydrogen-bond acceptors (Lipinski definition) is 4. The molecule has 18 heavy (non-hydrogen) atoms. The molecule has 0 N–H and O–H groups in total. The molecule has 1 aromatic rings. The Balaban J connectivity index is 2.60. The molecule has 0 radical (unpaired) electrons. The number of esters is 2. The van der Waals surface area contributed by atoms with Crippen molar-refractivity contribution in [2.45, 2.75) is 12.7 Å². The van der Waals surface area contributed by atoms with Crippen LogP contribution >= 0.6 is 0 Å². The van der Waals surface area contributed by atoms with E-state index in [2.05, 4.69) is 4.74 Å². The first-order chi connectivity index (χ1) is 8.67. The molecule has 0 heterocycles. The van der Waals surface area contributed by atoms with E-state index < -0.39 is 31.6 Å². The topological polar surface area (TPSA) is 52.6 Å². The monoisotopic (exact) mass is 258 g/mol. The van der Waals surface area contributed by atoms with E-state index in [4.69, 9.17) is 4.74 Å². The van der Waals surface area contributed by atoms with Crippen molar-refractivity contribution in [3.63, 3.8) is 0 Å². The van der Waals surface area contributed by atoms with Crippen LogP contribution in [0.25, 0.3) is 0 Å². The van der Waals surface area contributed by atoms with Crippen LogP contribution in [-0.2, 0) is 14.3 Å². The lowest BCUT2D eigenvalue weighted by Gasteiger charge is -2.16. The molecule has 0 aliphatic carbocycles. The summed E-state index contributed by atoms with van der Waals surface area (Å²) in [5.74, 6) is -1.96. The normalized spacial score (nSPS) is 11.7. The van der Waals surface area contributed by atoms with E-state index in [1.807, 2.05) is 0 Å². The third-order valence-electron chi connectivity index (χ3n) is 1.96. The Bertz CT molecular complexity index is 394. The molecular weight excluding hydrogens is 246 g/mol. The summed E-state index contributed by atoms with van der Waals surface area (Å²) in [5, 5.41) is 0. The van der Waals surface area contributed by atoms with E-state index in [1.54, 1.807) is 18.2 Å². The fourth-order valence-corrected chi connectivity index (χ4v) is 1.17. The van der Waals surface area contributed by atoms with Crippen LogP contribution in [0, 0.1) is 0 Å². The molecule has 0 fully saturated rings. The SMILES string of the molecule is O=C(CF)OC(CCF)OC(=O)c1ccccc1. The molecule has 1 aromatic carbocycles. The van der Waals surface area contributed by atoms with E-state index in [9.17, 15) is 18.4 Å². The van der Waals surface area contributed by atoms with Gasteiger partial charge in [0, 0.05) is 0 Å². The number of benzene rings is 1. The summed E-state index contributed by atoms with van der Waals surface area (Å²) in [4.78, 5) is 22.3. The smallest absolute Gasteiger partial charge is 0.341 e. The predicted molar refractivity (Wildman–Crippen MR) is 58.3 cm³/mol. The number of carbonyl (C=O) groups is 2. The van der Waals surface area contributed by atoms with Crippen LogP contribution in [0.4, 0.5) is 8.78 Å². The Kier molecular flexibility index (Phi) is 5.76. The van der Waals surface area contributed by atoms with Crippen LogP contribution < -0.4 is 0 Å². The zero-order valence-electron chi connectivity index (χ0n) is 9.47. The molecule has 0 bridgehead atoms. The van der Waals surface area contributed by atoms with Gasteiger partial charge in [-0.1, -0.05) is 18.2 Å². The predicted octanol–water partition coefficient (Wildman–Crippen LogP) is 2.04. The Hall–Kier alpha value is -1.98. The van der Waals surface area contributed by atoms with E-state index in [1.165, 1.54) is 12.1 Å². The standard InChI is InChI=1S/C12H12F2O4/c13-7-6-11(17-10(15)8-14)18-12(16)9-4-2-1-3-5-9/h1-5,11H,6-8H2. The van der Waals surface area contributed by atoms with Crippen LogP contribution in [0.15, 0.2) is 30.3 Å². The van der Waals surface area contributed by atoms with E-state index >= 15 is 0 Å². The van der Waals surface area contributed by atoms with Gasteiger partial charge in [0.05, 0.1) is 18.7 Å². The van der Waals surface area contributed by atoms with Crippen molar-refractivity contribution in [3.8, 4) is 0 Å². The quantitative estimate of drug-likeness (QED) is 0.578. The summed E-state index contributed by atoms with van der Waals surface area (Å²) in [6.07, 6.45) is -1.74. The van der Waals surface area contributed by atoms with Gasteiger partial charge in [-0.15, -0.1) is 0 Å². The molecule has 98 valence electrons. The highest BCUT2D eigenvalue weighted by molar-refractivity contribution is 5.89. The summed E-state index contributed by atoms with van der Waals surface area (Å²) in [6, 6.07) is 7.93. The third-order valence-corrected chi connectivity index (χ3v) is 1.96. The Morgan fingerprint density at radius 2 is 1.78 bits per heavy atom. The second-order valence-electron chi connectivity index (χ2n) is 3.30. The minimum absolute atomic E-state index is 0.234. The first kappa shape index (κ1) is 14.1. The van der Waals surface area contributed by atoms with E-state index in [0.29, 0.717) is 0 Å². The number of ether oxygens (including phenoxy) is 2. The largest absolute Gasteiger partial charge is 0.423 e. The summed E-state index contributed by atoms with van der Waals surface area (Å²) < 4.78 is 33.3. The van der Waals surface area contributed by atoms with Crippen molar-refractivity contribution in [1.82, 2.24) is 0 Å². The highest BCUT2D eigenvalue weighted by Gasteiger charge is 2.19. The van der Waals surface area contributed by atoms with Crippen LogP contribution in [0.1, 0.15) is 16.8 Å². The first-order valence-corrected chi connectivity index (χ1v) is 5.24. The van der Waals surface area contributed by atoms with Gasteiger partial charge in [-0.05, 0) is 12.1 Å². The lowest BCUT2D eigenvalue weighted by molar-refractivity contribution is -0.170. The summed E-state index contributed by atoms with van der Waals surface area (Å²) in [5.41, 5.74) is 0.234. The first-order valence-electron chi connectivity index (χ1n) is 5.24. The molecule has 0 saturated carbocycles. The third kappa shape index (κ3) is 4.48. The molecule has 0 spiro atoms. The van der Waals surface area contributed by atoms with Crippen molar-refractivity contribution in [1.29, 1.82) is 0 Å². The molecule has 4 nitrogen and oxygen atoms in total. The van der Waals surface area contributed by atoms with Gasteiger partial charge in [-0.2, -0.15) is 0 Å². The molecule has 1 rings (SSSR count). The maximum absolute atomic E-state index is 12.2. The maximum Gasteiger partial charge on any atom is 0.341 e. The van der Waals surface area contributed by atoms with Gasteiger partial charge in [-0.25, -0.2) is 14.0 Å². The summed E-state index contributed by atoms with van der Waals surface area (Å²) in [6.45, 7) is -2.21. The number of rotatable bonds is 6. The second kappa shape index (κ2) is 7.37. The lowest BCUT2D eigenvalue weighted by Crippen LogP contribution is -2.26. The Morgan fingerprint density at radius 3 is 2.33 bits per heavy atom. The molecule has 0 aromatic heterocycles. The zero-order valence-corrected chi connectivity index (χ0v) is 9.47. The van der Waals surface area contributed by atoms with Crippen molar-refractivity contribution in [2.75, 3.05) is 13.3 Å². The fourth-order valence-electron chi connectivity index (χ4n) is 1.17. The van der Waals surface area contributed by atoms with Crippen molar-refractivity contribution in [2.24, 2.45) is 0 Å². The Morgan fingerprint density at radius 1 is 1.11 bits per heavy atom. The lowest BCUT2D eigenvalue weighted by atomic mass is 10.2. The van der Waals surface area contributed by atoms with Crippen molar-refractivity contribution < 1.29 is 27.8 Å². The molecule has 0 amide bonds. The zero-order chi connectivity index (χ0) is 13.4. The number of halogens is 2. The molecule has 0 aliphatic rings. The molecule has 6 heteroatoms. The number of carbonyl (C=O) groups excluding carboxylic acids is 2. The number of alkyl halides is 2. The minimum Gasteiger partial charge on any atom is -0.423 e. The van der Waals surface area contributed by atoms with Gasteiger partial charge < -0.3 is 9.47 Å². The molecule has 1 atom stereocenters. The molecule has 0 aliphatic heterocycles. The maximum atomic E-state index is 12.2. The Labute approximate surface area is 103 Å². The highest BCUT2D eigenvalue weighted by atomic mass is 19.1. The fraction of sp³-hybridized carbons (Fsp3) is 0.333. The molecule has 0 saturated heterocycles. The van der Waals surface area contributed by atoms with Gasteiger partial charge in [0.15, 0.2) is 6.67 Å². The highest BCUT2D eigenvalue weighted by Crippen LogP contribution is 2.08. The van der Waals surface area contributed by atoms with Gasteiger partial charge in [0.1, 0.15) is 0 Å². The second-order valence-corrected chi connectivity index (χ2v) is 3.30. The summed E-state index contributed by atoms with van der Waals surface area (Å²) >= 11 is 0. The average molecular weight is 258 g/mol. The van der Waals surface area contributed by atoms with Crippen molar-refractivity contribution >= 4 is 11.9 Å². The van der Waals surface area contributed by atoms with Crippen LogP contribution in [0.5, 0.6) is 0 Å². The number of hydrogen-bond donors (Lipinski definition) is 0. The van der Waals surface area contributed by atoms with Crippen LogP contribution in [0.2, 0.25) is 0 Å². The van der Waals surface area contributed by atoms with Gasteiger partial charge >= 0.3 is 11.9 Å². The minimum atomic E-state index is -1.41. The van der Waals surface area contributed by atoms with Crippen molar-refractivity contribution in [3.05, 3.63) is 35.9 Å². The van der Waals surface area contributed by atoms with Gasteiger partial charge in [0.2, 0.25) is 6.29 Å². The summed E-state index contributed by atoms with van der Waals surface area (Å²) in [7, 11) is 0. The van der Waals surface area contributed by atoms with Gasteiger partial charge in [0.25, 0.3) is 0 Å². The average Bonchev–Trinajstić information content (AvgIpc) is 2.39. The molecule has 1 unspecified atom stereocenters.